The van der Waals surface area contributed by atoms with Crippen LogP contribution in [0.15, 0.2) is 32.3 Å². The number of H-pyrrole nitrogens is 1. The van der Waals surface area contributed by atoms with Crippen molar-refractivity contribution in [2.75, 3.05) is 6.61 Å². The molecule has 24 heavy (non-hydrogen) atoms. The Morgan fingerprint density at radius 3 is 2.88 bits per heavy atom. The average molecular weight is 411 g/mol. The summed E-state index contributed by atoms with van der Waals surface area (Å²) in [5.74, 6) is -0.203. The van der Waals surface area contributed by atoms with Crippen molar-refractivity contribution in [1.82, 2.24) is 19.7 Å². The lowest BCUT2D eigenvalue weighted by atomic mass is 10.2. The number of fused-ring (bicyclic) bond motifs is 1. The quantitative estimate of drug-likeness (QED) is 0.496. The van der Waals surface area contributed by atoms with Crippen LogP contribution in [0.1, 0.15) is 0 Å². The van der Waals surface area contributed by atoms with Crippen LogP contribution in [0.4, 0.5) is 0 Å². The van der Waals surface area contributed by atoms with E-state index in [1.807, 2.05) is 16.8 Å². The molecule has 7 nitrogen and oxygen atoms in total. The molecule has 0 unspecified atom stereocenters. The number of aromatic nitrogens is 4. The molecule has 0 aliphatic rings. The van der Waals surface area contributed by atoms with Crippen LogP contribution < -0.4 is 5.76 Å². The number of halogens is 1. The number of rotatable bonds is 6. The van der Waals surface area contributed by atoms with Crippen LogP contribution in [-0.4, -0.2) is 34.4 Å². The molecule has 0 bridgehead atoms. The first-order chi connectivity index (χ1) is 11.3. The summed E-state index contributed by atoms with van der Waals surface area (Å²) in [4.78, 5) is 18.3. The molecule has 0 saturated carbocycles. The summed E-state index contributed by atoms with van der Waals surface area (Å²) in [6, 6.07) is 3.04. The Labute approximate surface area is 148 Å². The monoisotopic (exact) mass is 410 g/mol. The molecule has 0 aromatic carbocycles. The predicted octanol–water partition coefficient (Wildman–Crippen LogP) is 3.45. The van der Waals surface area contributed by atoms with E-state index in [9.17, 15) is 4.79 Å². The van der Waals surface area contributed by atoms with Gasteiger partial charge in [0, 0.05) is 42.5 Å². The second-order valence-electron chi connectivity index (χ2n) is 6.83. The Bertz CT molecular complexity index is 909. The minimum absolute atomic E-state index is 0.380. The Kier molecular flexibility index (Phi) is 4.75. The normalized spacial score (nSPS) is 12.2. The number of hydrogen-bond donors (Lipinski definition) is 1. The Balaban J connectivity index is 1.90. The maximum Gasteiger partial charge on any atom is 0.439 e. The highest BCUT2D eigenvalue weighted by Gasteiger charge is 2.16. The van der Waals surface area contributed by atoms with E-state index < -0.39 is 13.8 Å². The highest BCUT2D eigenvalue weighted by Crippen LogP contribution is 2.29. The molecule has 0 aliphatic heterocycles. The van der Waals surface area contributed by atoms with Crippen molar-refractivity contribution in [2.24, 2.45) is 0 Å². The lowest BCUT2D eigenvalue weighted by Gasteiger charge is -2.15. The highest BCUT2D eigenvalue weighted by molar-refractivity contribution is 9.10. The lowest BCUT2D eigenvalue weighted by molar-refractivity contribution is 0.0899. The molecule has 3 aromatic rings. The summed E-state index contributed by atoms with van der Waals surface area (Å²) < 4.78 is 13.2. The zero-order chi connectivity index (χ0) is 17.3. The molecule has 128 valence electrons. The molecule has 1 N–H and O–H groups in total. The van der Waals surface area contributed by atoms with Gasteiger partial charge in [-0.25, -0.2) is 9.78 Å². The fourth-order valence-corrected chi connectivity index (χ4v) is 3.41. The first-order valence-electron chi connectivity index (χ1n) is 7.62. The zero-order valence-electron chi connectivity index (χ0n) is 13.8. The van der Waals surface area contributed by atoms with E-state index >= 15 is 0 Å². The van der Waals surface area contributed by atoms with Crippen LogP contribution in [0, 0.1) is 0 Å². The van der Waals surface area contributed by atoms with E-state index in [4.69, 9.17) is 4.74 Å². The van der Waals surface area contributed by atoms with Gasteiger partial charge in [0.2, 0.25) is 0 Å². The number of nitrogens with one attached hydrogen (secondary N) is 1. The molecular weight excluding hydrogens is 392 g/mol. The number of nitrogens with zero attached hydrogens (tertiary/aromatic N) is 3. The zero-order valence-corrected chi connectivity index (χ0v) is 16.4. The largest absolute Gasteiger partial charge is 0.439 e. The second kappa shape index (κ2) is 6.65. The fraction of sp³-hybridized carbons (Fsp3) is 0.400. The van der Waals surface area contributed by atoms with Gasteiger partial charge in [-0.15, -0.1) is 0 Å². The first-order valence-corrected chi connectivity index (χ1v) is 12.1. The van der Waals surface area contributed by atoms with Crippen molar-refractivity contribution in [3.05, 3.63) is 33.5 Å². The van der Waals surface area contributed by atoms with Crippen LogP contribution in [0.3, 0.4) is 0 Å². The van der Waals surface area contributed by atoms with Crippen molar-refractivity contribution in [1.29, 1.82) is 0 Å². The molecular formula is C15H19BrN4O3Si. The van der Waals surface area contributed by atoms with Crippen LogP contribution in [-0.2, 0) is 11.5 Å². The van der Waals surface area contributed by atoms with Gasteiger partial charge in [0.05, 0.1) is 0 Å². The standard InChI is InChI=1S/C15H19BrN4O3Si/c1-24(2,3)5-4-22-9-20-8-12(13-18-15(21)23-19-13)11-6-10(16)7-17-14(11)20/h6-8H,4-5,9H2,1-3H3,(H,18,19,21). The van der Waals surface area contributed by atoms with Crippen LogP contribution in [0.25, 0.3) is 22.4 Å². The Hall–Kier alpha value is -1.71. The molecule has 0 amide bonds. The third-order valence-electron chi connectivity index (χ3n) is 3.60. The smallest absolute Gasteiger partial charge is 0.361 e. The molecule has 0 fully saturated rings. The second-order valence-corrected chi connectivity index (χ2v) is 13.4. The van der Waals surface area contributed by atoms with Gasteiger partial charge in [-0.05, 0) is 28.0 Å². The van der Waals surface area contributed by atoms with Crippen molar-refractivity contribution < 1.29 is 9.26 Å². The van der Waals surface area contributed by atoms with Gasteiger partial charge in [0.25, 0.3) is 0 Å². The van der Waals surface area contributed by atoms with E-state index in [0.29, 0.717) is 12.6 Å². The molecule has 0 atom stereocenters. The summed E-state index contributed by atoms with van der Waals surface area (Å²) in [5, 5.41) is 4.64. The number of pyridine rings is 1. The summed E-state index contributed by atoms with van der Waals surface area (Å²) in [7, 11) is -1.12. The van der Waals surface area contributed by atoms with Crippen molar-refractivity contribution >= 4 is 35.0 Å². The highest BCUT2D eigenvalue weighted by atomic mass is 79.9. The van der Waals surface area contributed by atoms with Gasteiger partial charge in [0.1, 0.15) is 12.4 Å². The third kappa shape index (κ3) is 3.85. The average Bonchev–Trinajstić information content (AvgIpc) is 3.06. The first kappa shape index (κ1) is 17.1. The topological polar surface area (TPSA) is 85.9 Å². The van der Waals surface area contributed by atoms with E-state index in [1.165, 1.54) is 0 Å². The molecule has 0 radical (unpaired) electrons. The molecule has 0 spiro atoms. The van der Waals surface area contributed by atoms with Gasteiger partial charge < -0.3 is 9.30 Å². The third-order valence-corrected chi connectivity index (χ3v) is 5.74. The summed E-state index contributed by atoms with van der Waals surface area (Å²) in [5.41, 5.74) is 1.52. The Morgan fingerprint density at radius 1 is 1.42 bits per heavy atom. The van der Waals surface area contributed by atoms with Gasteiger partial charge >= 0.3 is 5.76 Å². The summed E-state index contributed by atoms with van der Waals surface area (Å²) in [6.07, 6.45) is 3.60. The van der Waals surface area contributed by atoms with Gasteiger partial charge in [-0.2, -0.15) is 0 Å². The van der Waals surface area contributed by atoms with E-state index in [1.54, 1.807) is 6.20 Å². The van der Waals surface area contributed by atoms with Gasteiger partial charge in [-0.3, -0.25) is 9.51 Å². The minimum Gasteiger partial charge on any atom is -0.361 e. The summed E-state index contributed by atoms with van der Waals surface area (Å²) in [6.45, 7) is 8.08. The van der Waals surface area contributed by atoms with Crippen molar-refractivity contribution in [3.63, 3.8) is 0 Å². The molecule has 9 heteroatoms. The lowest BCUT2D eigenvalue weighted by Crippen LogP contribution is -2.22. The fourth-order valence-electron chi connectivity index (χ4n) is 2.32. The van der Waals surface area contributed by atoms with E-state index in [0.717, 1.165) is 33.7 Å². The molecule has 0 aliphatic carbocycles. The van der Waals surface area contributed by atoms with Gasteiger partial charge in [0.15, 0.2) is 5.82 Å². The van der Waals surface area contributed by atoms with Crippen LogP contribution in [0.5, 0.6) is 0 Å². The summed E-state index contributed by atoms with van der Waals surface area (Å²) >= 11 is 3.43. The number of ether oxygens (including phenoxy) is 1. The number of hydrogen-bond acceptors (Lipinski definition) is 5. The molecule has 0 saturated heterocycles. The Morgan fingerprint density at radius 2 is 2.21 bits per heavy atom. The maximum atomic E-state index is 11.2. The van der Waals surface area contributed by atoms with E-state index in [2.05, 4.69) is 55.2 Å². The minimum atomic E-state index is -1.12. The van der Waals surface area contributed by atoms with Crippen molar-refractivity contribution in [3.8, 4) is 11.4 Å². The maximum absolute atomic E-state index is 11.2. The van der Waals surface area contributed by atoms with Gasteiger partial charge in [-0.1, -0.05) is 24.8 Å². The predicted molar refractivity (Wildman–Crippen MR) is 97.7 cm³/mol. The molecule has 3 aromatic heterocycles. The SMILES string of the molecule is C[Si](C)(C)CCOCn1cc(-c2noc(=O)[nH]2)c2cc(Br)cnc21. The van der Waals surface area contributed by atoms with Crippen LogP contribution in [0.2, 0.25) is 25.7 Å². The number of aromatic amines is 1. The van der Waals surface area contributed by atoms with E-state index in [-0.39, 0.29) is 0 Å². The van der Waals surface area contributed by atoms with Crippen LogP contribution >= 0.6 is 15.9 Å². The molecule has 3 rings (SSSR count). The van der Waals surface area contributed by atoms with Crippen molar-refractivity contribution in [2.45, 2.75) is 32.4 Å². The molecule has 3 heterocycles.